The molecule has 2 N–H and O–H groups in total. The maximum atomic E-state index is 8.83. The standard InChI is InChI=1S/C10H12N2O2/c1-14-9-4-2-3-8(7-11)10(9)12-5-6-13/h2-4,12-13H,5-6H2,1H3. The average molecular weight is 192 g/mol. The summed E-state index contributed by atoms with van der Waals surface area (Å²) in [6.45, 7) is 0.415. The first-order valence-electron chi connectivity index (χ1n) is 4.25. The fraction of sp³-hybridized carbons (Fsp3) is 0.300. The number of aliphatic hydroxyl groups excluding tert-OH is 1. The average Bonchev–Trinajstić information content (AvgIpc) is 2.25. The number of nitrogens with zero attached hydrogens (tertiary/aromatic N) is 1. The Labute approximate surface area is 82.7 Å². The highest BCUT2D eigenvalue weighted by molar-refractivity contribution is 5.66. The number of aliphatic hydroxyl groups is 1. The number of rotatable bonds is 4. The van der Waals surface area contributed by atoms with E-state index in [1.165, 1.54) is 0 Å². The number of nitrogens with one attached hydrogen (secondary N) is 1. The molecule has 14 heavy (non-hydrogen) atoms. The van der Waals surface area contributed by atoms with E-state index in [9.17, 15) is 0 Å². The van der Waals surface area contributed by atoms with Crippen molar-refractivity contribution in [1.82, 2.24) is 0 Å². The molecule has 0 atom stereocenters. The van der Waals surface area contributed by atoms with Crippen LogP contribution in [0.4, 0.5) is 5.69 Å². The summed E-state index contributed by atoms with van der Waals surface area (Å²) in [5.41, 5.74) is 1.14. The van der Waals surface area contributed by atoms with Crippen LogP contribution in [-0.2, 0) is 0 Å². The summed E-state index contributed by atoms with van der Waals surface area (Å²) in [5, 5.41) is 20.4. The molecule has 0 fully saturated rings. The topological polar surface area (TPSA) is 65.3 Å². The number of ether oxygens (including phenoxy) is 1. The van der Waals surface area contributed by atoms with Crippen LogP contribution in [0.1, 0.15) is 5.56 Å². The summed E-state index contributed by atoms with van der Waals surface area (Å²) < 4.78 is 5.09. The highest BCUT2D eigenvalue weighted by atomic mass is 16.5. The second-order valence-corrected chi connectivity index (χ2v) is 2.65. The van der Waals surface area contributed by atoms with E-state index < -0.39 is 0 Å². The molecular weight excluding hydrogens is 180 g/mol. The van der Waals surface area contributed by atoms with Crippen LogP contribution in [0.2, 0.25) is 0 Å². The van der Waals surface area contributed by atoms with E-state index in [2.05, 4.69) is 11.4 Å². The van der Waals surface area contributed by atoms with Crippen LogP contribution < -0.4 is 10.1 Å². The molecule has 0 saturated carbocycles. The lowest BCUT2D eigenvalue weighted by molar-refractivity contribution is 0.311. The Balaban J connectivity index is 3.01. The molecule has 1 rings (SSSR count). The molecule has 74 valence electrons. The summed E-state index contributed by atoms with van der Waals surface area (Å²) >= 11 is 0. The van der Waals surface area contributed by atoms with Gasteiger partial charge in [0.2, 0.25) is 0 Å². The van der Waals surface area contributed by atoms with Crippen LogP contribution in [0.15, 0.2) is 18.2 Å². The number of para-hydroxylation sites is 1. The minimum Gasteiger partial charge on any atom is -0.495 e. The molecule has 0 radical (unpaired) electrons. The second kappa shape index (κ2) is 5.10. The van der Waals surface area contributed by atoms with Crippen LogP contribution in [0.3, 0.4) is 0 Å². The van der Waals surface area contributed by atoms with Gasteiger partial charge in [0.05, 0.1) is 25.0 Å². The van der Waals surface area contributed by atoms with E-state index in [-0.39, 0.29) is 6.61 Å². The largest absolute Gasteiger partial charge is 0.495 e. The van der Waals surface area contributed by atoms with Crippen molar-refractivity contribution in [3.8, 4) is 11.8 Å². The van der Waals surface area contributed by atoms with Crippen LogP contribution in [-0.4, -0.2) is 25.4 Å². The summed E-state index contributed by atoms with van der Waals surface area (Å²) in [4.78, 5) is 0. The first-order chi connectivity index (χ1) is 6.83. The minimum absolute atomic E-state index is 0.0168. The predicted octanol–water partition coefficient (Wildman–Crippen LogP) is 0.971. The molecule has 0 aliphatic heterocycles. The van der Waals surface area contributed by atoms with Crippen molar-refractivity contribution in [2.24, 2.45) is 0 Å². The van der Waals surface area contributed by atoms with Gasteiger partial charge in [0.1, 0.15) is 11.8 Å². The van der Waals surface area contributed by atoms with Gasteiger partial charge in [-0.2, -0.15) is 5.26 Å². The van der Waals surface area contributed by atoms with Gasteiger partial charge in [0.25, 0.3) is 0 Å². The number of hydrogen-bond acceptors (Lipinski definition) is 4. The fourth-order valence-corrected chi connectivity index (χ4v) is 1.16. The molecule has 1 aromatic carbocycles. The number of nitriles is 1. The van der Waals surface area contributed by atoms with Crippen LogP contribution in [0, 0.1) is 11.3 Å². The lowest BCUT2D eigenvalue weighted by Crippen LogP contribution is -2.08. The third-order valence-corrected chi connectivity index (χ3v) is 1.78. The maximum absolute atomic E-state index is 8.83. The van der Waals surface area contributed by atoms with Gasteiger partial charge >= 0.3 is 0 Å². The van der Waals surface area contributed by atoms with Crippen LogP contribution in [0.25, 0.3) is 0 Å². The molecule has 0 aliphatic carbocycles. The monoisotopic (exact) mass is 192 g/mol. The molecule has 4 heteroatoms. The Morgan fingerprint density at radius 2 is 2.36 bits per heavy atom. The molecule has 0 saturated heterocycles. The molecule has 0 heterocycles. The number of benzene rings is 1. The quantitative estimate of drug-likeness (QED) is 0.746. The van der Waals surface area contributed by atoms with E-state index >= 15 is 0 Å². The molecular formula is C10H12N2O2. The fourth-order valence-electron chi connectivity index (χ4n) is 1.16. The van der Waals surface area contributed by atoms with Gasteiger partial charge in [-0.3, -0.25) is 0 Å². The van der Waals surface area contributed by atoms with E-state index in [0.717, 1.165) is 0 Å². The highest BCUT2D eigenvalue weighted by Gasteiger charge is 2.06. The van der Waals surface area contributed by atoms with Gasteiger partial charge in [-0.1, -0.05) is 6.07 Å². The molecule has 0 spiro atoms. The van der Waals surface area contributed by atoms with Gasteiger partial charge in [-0.15, -0.1) is 0 Å². The number of methoxy groups -OCH3 is 1. The summed E-state index contributed by atoms with van der Waals surface area (Å²) in [6, 6.07) is 7.27. The predicted molar refractivity (Wildman–Crippen MR) is 53.3 cm³/mol. The van der Waals surface area contributed by atoms with Crippen molar-refractivity contribution in [3.05, 3.63) is 23.8 Å². The van der Waals surface area contributed by atoms with E-state index in [1.807, 2.05) is 0 Å². The molecule has 0 aromatic heterocycles. The molecule has 0 amide bonds. The smallest absolute Gasteiger partial charge is 0.143 e. The zero-order chi connectivity index (χ0) is 10.4. The van der Waals surface area contributed by atoms with Crippen molar-refractivity contribution < 1.29 is 9.84 Å². The summed E-state index contributed by atoms with van der Waals surface area (Å²) in [7, 11) is 1.54. The van der Waals surface area contributed by atoms with Gasteiger partial charge in [-0.05, 0) is 12.1 Å². The Kier molecular flexibility index (Phi) is 3.77. The van der Waals surface area contributed by atoms with E-state index in [1.54, 1.807) is 25.3 Å². The van der Waals surface area contributed by atoms with E-state index in [4.69, 9.17) is 15.1 Å². The third kappa shape index (κ3) is 2.15. The van der Waals surface area contributed by atoms with Crippen LogP contribution >= 0.6 is 0 Å². The third-order valence-electron chi connectivity index (χ3n) is 1.78. The Morgan fingerprint density at radius 1 is 1.57 bits per heavy atom. The Bertz CT molecular complexity index is 344. The van der Waals surface area contributed by atoms with Gasteiger partial charge in [0.15, 0.2) is 0 Å². The van der Waals surface area contributed by atoms with Gasteiger partial charge in [-0.25, -0.2) is 0 Å². The van der Waals surface area contributed by atoms with Crippen molar-refractivity contribution in [1.29, 1.82) is 5.26 Å². The summed E-state index contributed by atoms with van der Waals surface area (Å²) in [6.07, 6.45) is 0. The lowest BCUT2D eigenvalue weighted by Gasteiger charge is -2.11. The zero-order valence-electron chi connectivity index (χ0n) is 7.95. The first kappa shape index (κ1) is 10.4. The SMILES string of the molecule is COc1cccc(C#N)c1NCCO. The number of anilines is 1. The molecule has 0 unspecified atom stereocenters. The Morgan fingerprint density at radius 3 is 2.93 bits per heavy atom. The first-order valence-corrected chi connectivity index (χ1v) is 4.25. The normalized spacial score (nSPS) is 9.21. The molecule has 4 nitrogen and oxygen atoms in total. The summed E-state index contributed by atoms with van der Waals surface area (Å²) in [5.74, 6) is 0.609. The zero-order valence-corrected chi connectivity index (χ0v) is 7.95. The number of hydrogen-bond donors (Lipinski definition) is 2. The van der Waals surface area contributed by atoms with E-state index in [0.29, 0.717) is 23.5 Å². The second-order valence-electron chi connectivity index (χ2n) is 2.65. The lowest BCUT2D eigenvalue weighted by atomic mass is 10.2. The highest BCUT2D eigenvalue weighted by Crippen LogP contribution is 2.27. The van der Waals surface area contributed by atoms with Gasteiger partial charge in [0, 0.05) is 6.54 Å². The van der Waals surface area contributed by atoms with Gasteiger partial charge < -0.3 is 15.2 Å². The molecule has 1 aromatic rings. The maximum Gasteiger partial charge on any atom is 0.143 e. The molecule has 0 bridgehead atoms. The Hall–Kier alpha value is -1.73. The van der Waals surface area contributed by atoms with Crippen molar-refractivity contribution in [3.63, 3.8) is 0 Å². The van der Waals surface area contributed by atoms with Crippen molar-refractivity contribution >= 4 is 5.69 Å². The molecule has 0 aliphatic rings. The van der Waals surface area contributed by atoms with Crippen molar-refractivity contribution in [2.45, 2.75) is 0 Å². The van der Waals surface area contributed by atoms with Crippen molar-refractivity contribution in [2.75, 3.05) is 25.6 Å². The minimum atomic E-state index is 0.0168. The van der Waals surface area contributed by atoms with Crippen LogP contribution in [0.5, 0.6) is 5.75 Å².